The summed E-state index contributed by atoms with van der Waals surface area (Å²) in [6.45, 7) is 0. The summed E-state index contributed by atoms with van der Waals surface area (Å²) in [6.07, 6.45) is 0. The van der Waals surface area contributed by atoms with Gasteiger partial charge in [0, 0.05) is 29.1 Å². The highest BCUT2D eigenvalue weighted by molar-refractivity contribution is 9.10. The van der Waals surface area contributed by atoms with Crippen LogP contribution in [-0.2, 0) is 0 Å². The van der Waals surface area contributed by atoms with Crippen LogP contribution >= 0.6 is 43.2 Å². The number of benzene rings is 2. The van der Waals surface area contributed by atoms with Crippen LogP contribution in [0.2, 0.25) is 0 Å². The number of rotatable bonds is 0. The van der Waals surface area contributed by atoms with E-state index in [-0.39, 0.29) is 5.43 Å². The molecule has 0 atom stereocenters. The van der Waals surface area contributed by atoms with E-state index >= 15 is 0 Å². The van der Waals surface area contributed by atoms with Crippen LogP contribution in [0.5, 0.6) is 0 Å². The summed E-state index contributed by atoms with van der Waals surface area (Å²) in [7, 11) is 0. The van der Waals surface area contributed by atoms with Crippen molar-refractivity contribution in [2.24, 2.45) is 0 Å². The molecule has 0 bridgehead atoms. The molecule has 0 aliphatic rings. The Morgan fingerprint density at radius 3 is 1.76 bits per heavy atom. The standard InChI is InChI=1S/C13H6Br2OS/c14-7-1-3-9-11(5-7)17-12-6-8(15)2-4-10(12)13(9)16/h1-6H. The van der Waals surface area contributed by atoms with E-state index in [1.54, 1.807) is 11.3 Å². The summed E-state index contributed by atoms with van der Waals surface area (Å²) in [5.41, 5.74) is 0.105. The van der Waals surface area contributed by atoms with Gasteiger partial charge >= 0.3 is 0 Å². The second-order valence-corrected chi connectivity index (χ2v) is 6.63. The van der Waals surface area contributed by atoms with Crippen LogP contribution in [-0.4, -0.2) is 0 Å². The second kappa shape index (κ2) is 4.19. The third kappa shape index (κ3) is 1.94. The van der Waals surface area contributed by atoms with Crippen LogP contribution in [0.4, 0.5) is 0 Å². The number of hydrogen-bond acceptors (Lipinski definition) is 2. The van der Waals surface area contributed by atoms with Gasteiger partial charge in [0.05, 0.1) is 0 Å². The molecule has 17 heavy (non-hydrogen) atoms. The van der Waals surface area contributed by atoms with E-state index in [0.29, 0.717) is 0 Å². The van der Waals surface area contributed by atoms with Crippen molar-refractivity contribution in [3.05, 3.63) is 55.6 Å². The summed E-state index contributed by atoms with van der Waals surface area (Å²) >= 11 is 8.50. The molecule has 0 amide bonds. The third-order valence-electron chi connectivity index (χ3n) is 2.60. The van der Waals surface area contributed by atoms with Gasteiger partial charge < -0.3 is 0 Å². The van der Waals surface area contributed by atoms with Crippen LogP contribution in [0.3, 0.4) is 0 Å². The molecule has 1 heterocycles. The minimum atomic E-state index is 0.105. The predicted molar refractivity (Wildman–Crippen MR) is 81.0 cm³/mol. The maximum atomic E-state index is 12.3. The Hall–Kier alpha value is -0.710. The Morgan fingerprint density at radius 2 is 1.29 bits per heavy atom. The molecule has 0 N–H and O–H groups in total. The fourth-order valence-electron chi connectivity index (χ4n) is 1.80. The van der Waals surface area contributed by atoms with Gasteiger partial charge in [0.2, 0.25) is 0 Å². The highest BCUT2D eigenvalue weighted by Crippen LogP contribution is 2.28. The molecular weight excluding hydrogens is 364 g/mol. The molecule has 2 aromatic carbocycles. The van der Waals surface area contributed by atoms with Crippen LogP contribution in [0.15, 0.2) is 50.1 Å². The summed E-state index contributed by atoms with van der Waals surface area (Å²) in [6, 6.07) is 11.5. The van der Waals surface area contributed by atoms with Crippen LogP contribution < -0.4 is 5.43 Å². The number of hydrogen-bond donors (Lipinski definition) is 0. The van der Waals surface area contributed by atoms with Crippen molar-refractivity contribution in [3.8, 4) is 0 Å². The first kappa shape index (κ1) is 11.4. The van der Waals surface area contributed by atoms with Crippen molar-refractivity contribution in [2.45, 2.75) is 0 Å². The zero-order chi connectivity index (χ0) is 12.0. The van der Waals surface area contributed by atoms with Crippen molar-refractivity contribution in [1.82, 2.24) is 0 Å². The molecule has 0 fully saturated rings. The summed E-state index contributed by atoms with van der Waals surface area (Å²) < 4.78 is 4.01. The fourth-order valence-corrected chi connectivity index (χ4v) is 3.98. The summed E-state index contributed by atoms with van der Waals surface area (Å²) in [5, 5.41) is 1.57. The maximum absolute atomic E-state index is 12.3. The number of halogens is 2. The third-order valence-corrected chi connectivity index (χ3v) is 4.70. The van der Waals surface area contributed by atoms with Gasteiger partial charge in [-0.15, -0.1) is 11.3 Å². The van der Waals surface area contributed by atoms with Gasteiger partial charge in [-0.05, 0) is 36.4 Å². The smallest absolute Gasteiger partial charge is 0.195 e. The van der Waals surface area contributed by atoms with E-state index in [4.69, 9.17) is 0 Å². The van der Waals surface area contributed by atoms with E-state index in [1.165, 1.54) is 0 Å². The van der Waals surface area contributed by atoms with Crippen LogP contribution in [0.1, 0.15) is 0 Å². The Kier molecular flexibility index (Phi) is 2.81. The molecule has 0 unspecified atom stereocenters. The van der Waals surface area contributed by atoms with Crippen LogP contribution in [0, 0.1) is 0 Å². The molecular formula is C13H6Br2OS. The van der Waals surface area contributed by atoms with Gasteiger partial charge in [-0.2, -0.15) is 0 Å². The second-order valence-electron chi connectivity index (χ2n) is 3.71. The summed E-state index contributed by atoms with van der Waals surface area (Å²) in [4.78, 5) is 12.3. The van der Waals surface area contributed by atoms with Crippen molar-refractivity contribution in [1.29, 1.82) is 0 Å². The molecule has 3 rings (SSSR count). The molecule has 0 spiro atoms. The average Bonchev–Trinajstić information content (AvgIpc) is 2.28. The van der Waals surface area contributed by atoms with Crippen molar-refractivity contribution < 1.29 is 0 Å². The average molecular weight is 370 g/mol. The van der Waals surface area contributed by atoms with Crippen molar-refractivity contribution in [3.63, 3.8) is 0 Å². The number of fused-ring (bicyclic) bond motifs is 2. The lowest BCUT2D eigenvalue weighted by atomic mass is 10.2. The lowest BCUT2D eigenvalue weighted by Gasteiger charge is -2.01. The largest absolute Gasteiger partial charge is 0.289 e. The maximum Gasteiger partial charge on any atom is 0.195 e. The minimum Gasteiger partial charge on any atom is -0.289 e. The predicted octanol–water partition coefficient (Wildman–Crippen LogP) is 4.94. The Labute approximate surface area is 118 Å². The molecule has 0 radical (unpaired) electrons. The van der Waals surface area contributed by atoms with Gasteiger partial charge in [0.15, 0.2) is 5.43 Å². The van der Waals surface area contributed by atoms with Crippen molar-refractivity contribution in [2.75, 3.05) is 0 Å². The Bertz CT molecular complexity index is 729. The van der Waals surface area contributed by atoms with E-state index in [9.17, 15) is 4.79 Å². The van der Waals surface area contributed by atoms with E-state index in [0.717, 1.165) is 29.1 Å². The highest BCUT2D eigenvalue weighted by atomic mass is 79.9. The van der Waals surface area contributed by atoms with Gasteiger partial charge in [-0.1, -0.05) is 31.9 Å². The first-order valence-corrected chi connectivity index (χ1v) is 7.37. The molecule has 4 heteroatoms. The normalized spacial score (nSPS) is 11.2. The lowest BCUT2D eigenvalue weighted by Crippen LogP contribution is -2.00. The molecule has 3 aromatic rings. The topological polar surface area (TPSA) is 17.1 Å². The fraction of sp³-hybridized carbons (Fsp3) is 0. The van der Waals surface area contributed by atoms with E-state index < -0.39 is 0 Å². The quantitative estimate of drug-likeness (QED) is 0.513. The monoisotopic (exact) mass is 368 g/mol. The highest BCUT2D eigenvalue weighted by Gasteiger charge is 2.06. The van der Waals surface area contributed by atoms with E-state index in [1.807, 2.05) is 36.4 Å². The first-order chi connectivity index (χ1) is 8.15. The lowest BCUT2D eigenvalue weighted by molar-refractivity contribution is 1.70. The minimum absolute atomic E-state index is 0.105. The van der Waals surface area contributed by atoms with Gasteiger partial charge in [-0.3, -0.25) is 4.79 Å². The van der Waals surface area contributed by atoms with Crippen LogP contribution in [0.25, 0.3) is 20.2 Å². The first-order valence-electron chi connectivity index (χ1n) is 4.97. The molecule has 0 saturated heterocycles. The summed E-state index contributed by atoms with van der Waals surface area (Å²) in [5.74, 6) is 0. The Morgan fingerprint density at radius 1 is 0.824 bits per heavy atom. The molecule has 0 aliphatic heterocycles. The SMILES string of the molecule is O=c1c2ccc(Br)cc2sc2cc(Br)ccc12. The van der Waals surface area contributed by atoms with Gasteiger partial charge in [0.1, 0.15) is 0 Å². The molecule has 84 valence electrons. The molecule has 0 saturated carbocycles. The van der Waals surface area contributed by atoms with E-state index in [2.05, 4.69) is 31.9 Å². The molecule has 1 nitrogen and oxygen atoms in total. The van der Waals surface area contributed by atoms with Gasteiger partial charge in [-0.25, -0.2) is 0 Å². The molecule has 0 aliphatic carbocycles. The molecule has 1 aromatic heterocycles. The zero-order valence-electron chi connectivity index (χ0n) is 8.54. The zero-order valence-corrected chi connectivity index (χ0v) is 12.5. The van der Waals surface area contributed by atoms with Crippen molar-refractivity contribution >= 4 is 63.4 Å². The Balaban J connectivity index is 2.57. The van der Waals surface area contributed by atoms with Gasteiger partial charge in [0.25, 0.3) is 0 Å².